The van der Waals surface area contributed by atoms with Crippen LogP contribution in [-0.4, -0.2) is 62.7 Å². The SMILES string of the molecule is O=C(C[NH+]1CCN(C(=O)c2ccc3c(c2)OCCO3)CC1)Nc1ccccc1Cl. The third kappa shape index (κ3) is 4.63. The molecule has 0 bridgehead atoms. The molecule has 2 aliphatic rings. The van der Waals surface area contributed by atoms with Crippen molar-refractivity contribution in [1.82, 2.24) is 4.90 Å². The maximum absolute atomic E-state index is 12.8. The number of halogens is 1. The topological polar surface area (TPSA) is 72.3 Å². The fourth-order valence-electron chi connectivity index (χ4n) is 3.55. The standard InChI is InChI=1S/C21H22ClN3O4/c22-16-3-1-2-4-17(16)23-20(26)14-24-7-9-25(10-8-24)21(27)15-5-6-18-19(13-15)29-12-11-28-18/h1-6,13H,7-12,14H2,(H,23,26)/p+1. The molecule has 152 valence electrons. The van der Waals surface area contributed by atoms with Crippen LogP contribution in [0.1, 0.15) is 10.4 Å². The number of fused-ring (bicyclic) bond motifs is 1. The molecule has 2 aromatic carbocycles. The molecule has 2 amide bonds. The van der Waals surface area contributed by atoms with Gasteiger partial charge in [0.1, 0.15) is 13.2 Å². The van der Waals surface area contributed by atoms with E-state index in [1.54, 1.807) is 30.3 Å². The Hall–Kier alpha value is -2.77. The highest BCUT2D eigenvalue weighted by Crippen LogP contribution is 2.31. The van der Waals surface area contributed by atoms with Crippen LogP contribution < -0.4 is 19.7 Å². The maximum atomic E-state index is 12.8. The molecule has 8 heteroatoms. The molecule has 2 heterocycles. The second kappa shape index (κ2) is 8.71. The van der Waals surface area contributed by atoms with Crippen molar-refractivity contribution in [2.75, 3.05) is 51.3 Å². The van der Waals surface area contributed by atoms with Gasteiger partial charge in [0.2, 0.25) is 0 Å². The number of rotatable bonds is 4. The first kappa shape index (κ1) is 19.5. The maximum Gasteiger partial charge on any atom is 0.279 e. The van der Waals surface area contributed by atoms with Crippen molar-refractivity contribution >= 4 is 29.1 Å². The number of carbonyl (C=O) groups is 2. The van der Waals surface area contributed by atoms with Gasteiger partial charge in [-0.1, -0.05) is 23.7 Å². The first-order valence-electron chi connectivity index (χ1n) is 9.67. The van der Waals surface area contributed by atoms with Gasteiger partial charge in [0, 0.05) is 5.56 Å². The monoisotopic (exact) mass is 416 g/mol. The van der Waals surface area contributed by atoms with E-state index in [2.05, 4.69) is 5.32 Å². The average molecular weight is 417 g/mol. The summed E-state index contributed by atoms with van der Waals surface area (Å²) in [5, 5.41) is 3.37. The first-order valence-corrected chi connectivity index (χ1v) is 10.0. The third-order valence-electron chi connectivity index (χ3n) is 5.11. The first-order chi connectivity index (χ1) is 14.1. The molecular weight excluding hydrogens is 394 g/mol. The summed E-state index contributed by atoms with van der Waals surface area (Å²) < 4.78 is 11.1. The molecule has 2 N–H and O–H groups in total. The van der Waals surface area contributed by atoms with Gasteiger partial charge in [-0.25, -0.2) is 0 Å². The summed E-state index contributed by atoms with van der Waals surface area (Å²) in [5.41, 5.74) is 1.21. The zero-order valence-corrected chi connectivity index (χ0v) is 16.7. The van der Waals surface area contributed by atoms with Crippen LogP contribution in [0.4, 0.5) is 5.69 Å². The zero-order valence-electron chi connectivity index (χ0n) is 15.9. The molecule has 0 unspecified atom stereocenters. The van der Waals surface area contributed by atoms with E-state index >= 15 is 0 Å². The highest BCUT2D eigenvalue weighted by molar-refractivity contribution is 6.33. The zero-order chi connectivity index (χ0) is 20.2. The molecule has 4 rings (SSSR count). The van der Waals surface area contributed by atoms with Crippen LogP contribution in [0.25, 0.3) is 0 Å². The summed E-state index contributed by atoms with van der Waals surface area (Å²) in [5.74, 6) is 1.18. The van der Waals surface area contributed by atoms with Gasteiger partial charge in [-0.2, -0.15) is 0 Å². The van der Waals surface area contributed by atoms with Crippen molar-refractivity contribution in [1.29, 1.82) is 0 Å². The molecule has 29 heavy (non-hydrogen) atoms. The summed E-state index contributed by atoms with van der Waals surface area (Å²) in [6.07, 6.45) is 0. The molecule has 2 aromatic rings. The number of quaternary nitrogens is 1. The molecular formula is C21H23ClN3O4+. The summed E-state index contributed by atoms with van der Waals surface area (Å²) in [7, 11) is 0. The normalized spacial score (nSPS) is 16.4. The molecule has 0 radical (unpaired) electrons. The summed E-state index contributed by atoms with van der Waals surface area (Å²) in [4.78, 5) is 28.1. The minimum Gasteiger partial charge on any atom is -0.486 e. The molecule has 0 saturated carbocycles. The van der Waals surface area contributed by atoms with Crippen molar-refractivity contribution in [2.45, 2.75) is 0 Å². The van der Waals surface area contributed by atoms with Gasteiger partial charge in [0.05, 0.1) is 36.9 Å². The lowest BCUT2D eigenvalue weighted by Gasteiger charge is -2.32. The van der Waals surface area contributed by atoms with E-state index < -0.39 is 0 Å². The number of carbonyl (C=O) groups excluding carboxylic acids is 2. The van der Waals surface area contributed by atoms with Gasteiger partial charge in [-0.3, -0.25) is 9.59 Å². The molecule has 7 nitrogen and oxygen atoms in total. The molecule has 1 fully saturated rings. The Balaban J connectivity index is 1.29. The highest BCUT2D eigenvalue weighted by atomic mass is 35.5. The van der Waals surface area contributed by atoms with E-state index in [0.29, 0.717) is 73.7 Å². The van der Waals surface area contributed by atoms with Crippen molar-refractivity contribution in [3.63, 3.8) is 0 Å². The van der Waals surface area contributed by atoms with Crippen LogP contribution in [0.5, 0.6) is 11.5 Å². The Labute approximate surface area is 174 Å². The number of hydrogen-bond acceptors (Lipinski definition) is 4. The molecule has 1 saturated heterocycles. The Morgan fingerprint density at radius 2 is 1.76 bits per heavy atom. The largest absolute Gasteiger partial charge is 0.486 e. The average Bonchev–Trinajstić information content (AvgIpc) is 2.75. The second-order valence-electron chi connectivity index (χ2n) is 7.11. The van der Waals surface area contributed by atoms with Crippen LogP contribution in [0.2, 0.25) is 5.02 Å². The van der Waals surface area contributed by atoms with Gasteiger partial charge in [0.25, 0.3) is 11.8 Å². The van der Waals surface area contributed by atoms with Gasteiger partial charge in [-0.15, -0.1) is 0 Å². The van der Waals surface area contributed by atoms with Gasteiger partial charge >= 0.3 is 0 Å². The molecule has 0 spiro atoms. The number of nitrogens with zero attached hydrogens (tertiary/aromatic N) is 1. The van der Waals surface area contributed by atoms with Crippen LogP contribution in [0.15, 0.2) is 42.5 Å². The van der Waals surface area contributed by atoms with Crippen LogP contribution >= 0.6 is 11.6 Å². The minimum absolute atomic E-state index is 0.0263. The van der Waals surface area contributed by atoms with Crippen molar-refractivity contribution in [3.05, 3.63) is 53.1 Å². The Morgan fingerprint density at radius 3 is 2.52 bits per heavy atom. The smallest absolute Gasteiger partial charge is 0.279 e. The Morgan fingerprint density at radius 1 is 1.03 bits per heavy atom. The highest BCUT2D eigenvalue weighted by Gasteiger charge is 2.27. The third-order valence-corrected chi connectivity index (χ3v) is 5.43. The summed E-state index contributed by atoms with van der Waals surface area (Å²) in [6, 6.07) is 12.5. The van der Waals surface area contributed by atoms with Gasteiger partial charge < -0.3 is 24.6 Å². The fraction of sp³-hybridized carbons (Fsp3) is 0.333. The number of hydrogen-bond donors (Lipinski definition) is 2. The summed E-state index contributed by atoms with van der Waals surface area (Å²) in [6.45, 7) is 3.98. The number of benzene rings is 2. The van der Waals surface area contributed by atoms with E-state index in [9.17, 15) is 9.59 Å². The Kier molecular flexibility index (Phi) is 5.87. The van der Waals surface area contributed by atoms with E-state index in [-0.39, 0.29) is 11.8 Å². The lowest BCUT2D eigenvalue weighted by Crippen LogP contribution is -3.15. The quantitative estimate of drug-likeness (QED) is 0.782. The molecule has 2 aliphatic heterocycles. The number of amides is 2. The van der Waals surface area contributed by atoms with Crippen molar-refractivity contribution in [2.24, 2.45) is 0 Å². The summed E-state index contributed by atoms with van der Waals surface area (Å²) >= 11 is 6.09. The van der Waals surface area contributed by atoms with Crippen molar-refractivity contribution in [3.8, 4) is 11.5 Å². The predicted octanol–water partition coefficient (Wildman–Crippen LogP) is 1.09. The fourth-order valence-corrected chi connectivity index (χ4v) is 3.73. The van der Waals surface area contributed by atoms with Crippen LogP contribution in [0, 0.1) is 0 Å². The van der Waals surface area contributed by atoms with Gasteiger partial charge in [-0.05, 0) is 30.3 Å². The minimum atomic E-state index is -0.0836. The number of piperazine rings is 1. The Bertz CT molecular complexity index is 913. The second-order valence-corrected chi connectivity index (χ2v) is 7.51. The number of para-hydroxylation sites is 1. The van der Waals surface area contributed by atoms with Crippen molar-refractivity contribution < 1.29 is 24.0 Å². The van der Waals surface area contributed by atoms with Crippen LogP contribution in [-0.2, 0) is 4.79 Å². The lowest BCUT2D eigenvalue weighted by atomic mass is 10.1. The van der Waals surface area contributed by atoms with Crippen LogP contribution in [0.3, 0.4) is 0 Å². The lowest BCUT2D eigenvalue weighted by molar-refractivity contribution is -0.895. The molecule has 0 atom stereocenters. The van der Waals surface area contributed by atoms with E-state index in [4.69, 9.17) is 21.1 Å². The van der Waals surface area contributed by atoms with E-state index in [1.807, 2.05) is 17.0 Å². The molecule has 0 aliphatic carbocycles. The van der Waals surface area contributed by atoms with E-state index in [1.165, 1.54) is 0 Å². The number of anilines is 1. The predicted molar refractivity (Wildman–Crippen MR) is 109 cm³/mol. The van der Waals surface area contributed by atoms with Gasteiger partial charge in [0.15, 0.2) is 18.0 Å². The van der Waals surface area contributed by atoms with E-state index in [0.717, 1.165) is 4.90 Å². The number of nitrogens with one attached hydrogen (secondary N) is 2. The number of ether oxygens (including phenoxy) is 2. The molecule has 0 aromatic heterocycles.